The highest BCUT2D eigenvalue weighted by Gasteiger charge is 2.13. The summed E-state index contributed by atoms with van der Waals surface area (Å²) in [5.74, 6) is 0. The second-order valence-corrected chi connectivity index (χ2v) is 3.63. The van der Waals surface area contributed by atoms with Crippen LogP contribution in [0.5, 0.6) is 0 Å². The molecule has 0 heterocycles. The van der Waals surface area contributed by atoms with Crippen molar-refractivity contribution in [2.75, 3.05) is 4.42 Å². The van der Waals surface area contributed by atoms with E-state index in [2.05, 4.69) is 0 Å². The van der Waals surface area contributed by atoms with Crippen molar-refractivity contribution >= 4 is 57.6 Å². The number of halogens is 4. The maximum absolute atomic E-state index is 10.6. The maximum Gasteiger partial charge on any atom is 0.335 e. The summed E-state index contributed by atoms with van der Waals surface area (Å²) in [4.78, 5) is 10.6. The van der Waals surface area contributed by atoms with Crippen molar-refractivity contribution in [2.45, 2.75) is 0 Å². The van der Waals surface area contributed by atoms with Crippen LogP contribution >= 0.6 is 46.6 Å². The van der Waals surface area contributed by atoms with Gasteiger partial charge >= 0.3 is 5.37 Å². The minimum Gasteiger partial charge on any atom is -0.254 e. The van der Waals surface area contributed by atoms with E-state index in [9.17, 15) is 4.79 Å². The molecule has 0 atom stereocenters. The Labute approximate surface area is 95.0 Å². The van der Waals surface area contributed by atoms with E-state index >= 15 is 0 Å². The van der Waals surface area contributed by atoms with Gasteiger partial charge in [0.25, 0.3) is 0 Å². The predicted octanol–water partition coefficient (Wildman–Crippen LogP) is 4.31. The summed E-state index contributed by atoms with van der Waals surface area (Å²) < 4.78 is 0.709. The Balaban J connectivity index is 3.08. The summed E-state index contributed by atoms with van der Waals surface area (Å²) in [6, 6.07) is 4.52. The van der Waals surface area contributed by atoms with Crippen LogP contribution in [-0.2, 0) is 0 Å². The van der Waals surface area contributed by atoms with Crippen molar-refractivity contribution < 1.29 is 4.79 Å². The van der Waals surface area contributed by atoms with Crippen LogP contribution in [0.1, 0.15) is 0 Å². The minimum atomic E-state index is -0.828. The Morgan fingerprint density at radius 1 is 1.31 bits per heavy atom. The number of carbonyl (C=O) groups excluding carboxylic acids is 1. The molecule has 0 unspecified atom stereocenters. The number of hydrogen-bond acceptors (Lipinski definition) is 1. The second kappa shape index (κ2) is 4.38. The van der Waals surface area contributed by atoms with E-state index in [1.54, 1.807) is 6.07 Å². The molecular formula is C7H3Cl4NO. The molecule has 0 aliphatic rings. The molecule has 6 heteroatoms. The average Bonchev–Trinajstić information content (AvgIpc) is 2.03. The van der Waals surface area contributed by atoms with Gasteiger partial charge < -0.3 is 0 Å². The van der Waals surface area contributed by atoms with Crippen molar-refractivity contribution in [3.05, 3.63) is 28.2 Å². The minimum absolute atomic E-state index is 0.261. The Morgan fingerprint density at radius 2 is 1.92 bits per heavy atom. The van der Waals surface area contributed by atoms with E-state index in [-0.39, 0.29) is 5.02 Å². The first-order chi connectivity index (χ1) is 6.02. The fourth-order valence-electron chi connectivity index (χ4n) is 0.735. The summed E-state index contributed by atoms with van der Waals surface area (Å²) >= 11 is 22.0. The standard InChI is InChI=1S/C7H3Cl4NO/c8-4-1-2-6(5(9)3-4)12(11)7(10)13/h1-3H. The lowest BCUT2D eigenvalue weighted by Gasteiger charge is -2.11. The first-order valence-electron chi connectivity index (χ1n) is 3.13. The first kappa shape index (κ1) is 10.9. The zero-order valence-electron chi connectivity index (χ0n) is 6.10. The van der Waals surface area contributed by atoms with Crippen LogP contribution in [0.3, 0.4) is 0 Å². The summed E-state index contributed by atoms with van der Waals surface area (Å²) in [5.41, 5.74) is 0.299. The highest BCUT2D eigenvalue weighted by atomic mass is 35.5. The predicted molar refractivity (Wildman–Crippen MR) is 56.0 cm³/mol. The summed E-state index contributed by atoms with van der Waals surface area (Å²) in [5, 5.41) is -0.108. The lowest BCUT2D eigenvalue weighted by atomic mass is 10.3. The fraction of sp³-hybridized carbons (Fsp3) is 0. The van der Waals surface area contributed by atoms with E-state index in [0.29, 0.717) is 15.1 Å². The van der Waals surface area contributed by atoms with E-state index < -0.39 is 5.37 Å². The normalized spacial score (nSPS) is 9.85. The molecule has 1 aromatic carbocycles. The summed E-state index contributed by atoms with van der Waals surface area (Å²) in [6.07, 6.45) is 0. The van der Waals surface area contributed by atoms with E-state index in [1.807, 2.05) is 0 Å². The Hall–Kier alpha value is -0.150. The number of carbonyl (C=O) groups is 1. The van der Waals surface area contributed by atoms with Gasteiger partial charge in [-0.05, 0) is 29.8 Å². The zero-order chi connectivity index (χ0) is 10.0. The number of nitrogens with zero attached hydrogens (tertiary/aromatic N) is 1. The topological polar surface area (TPSA) is 20.3 Å². The van der Waals surface area contributed by atoms with E-state index in [0.717, 1.165) is 0 Å². The number of amides is 1. The van der Waals surface area contributed by atoms with Gasteiger partial charge in [0.05, 0.1) is 10.7 Å². The highest BCUT2D eigenvalue weighted by molar-refractivity contribution is 6.71. The molecule has 0 radical (unpaired) electrons. The number of benzene rings is 1. The SMILES string of the molecule is O=C(Cl)N(Cl)c1ccc(Cl)cc1Cl. The van der Waals surface area contributed by atoms with Crippen molar-refractivity contribution in [3.8, 4) is 0 Å². The molecule has 0 saturated heterocycles. The molecule has 70 valence electrons. The lowest BCUT2D eigenvalue weighted by Crippen LogP contribution is -2.12. The van der Waals surface area contributed by atoms with Crippen molar-refractivity contribution in [1.29, 1.82) is 0 Å². The highest BCUT2D eigenvalue weighted by Crippen LogP contribution is 2.30. The van der Waals surface area contributed by atoms with Gasteiger partial charge in [0.15, 0.2) is 0 Å². The Morgan fingerprint density at radius 3 is 2.38 bits per heavy atom. The average molecular weight is 259 g/mol. The maximum atomic E-state index is 10.6. The van der Waals surface area contributed by atoms with Crippen LogP contribution in [-0.4, -0.2) is 5.37 Å². The van der Waals surface area contributed by atoms with Gasteiger partial charge in [-0.3, -0.25) is 4.79 Å². The number of anilines is 1. The quantitative estimate of drug-likeness (QED) is 0.418. The molecule has 1 rings (SSSR count). The van der Waals surface area contributed by atoms with Crippen LogP contribution in [0, 0.1) is 0 Å². The zero-order valence-corrected chi connectivity index (χ0v) is 9.12. The molecule has 1 amide bonds. The molecule has 0 aliphatic carbocycles. The summed E-state index contributed by atoms with van der Waals surface area (Å²) in [6.45, 7) is 0. The monoisotopic (exact) mass is 257 g/mol. The van der Waals surface area contributed by atoms with E-state index in [1.165, 1.54) is 12.1 Å². The molecule has 0 saturated carbocycles. The molecule has 0 N–H and O–H groups in total. The van der Waals surface area contributed by atoms with Crippen molar-refractivity contribution in [3.63, 3.8) is 0 Å². The van der Waals surface area contributed by atoms with Gasteiger partial charge in [0.1, 0.15) is 0 Å². The third kappa shape index (κ3) is 2.64. The van der Waals surface area contributed by atoms with Crippen LogP contribution in [0.2, 0.25) is 10.0 Å². The van der Waals surface area contributed by atoms with Crippen molar-refractivity contribution in [1.82, 2.24) is 0 Å². The van der Waals surface area contributed by atoms with Crippen LogP contribution in [0.15, 0.2) is 18.2 Å². The molecule has 13 heavy (non-hydrogen) atoms. The van der Waals surface area contributed by atoms with Gasteiger partial charge in [-0.25, -0.2) is 4.42 Å². The molecule has 0 aliphatic heterocycles. The molecule has 0 bridgehead atoms. The second-order valence-electron chi connectivity index (χ2n) is 2.13. The van der Waals surface area contributed by atoms with Crippen LogP contribution < -0.4 is 4.42 Å². The largest absolute Gasteiger partial charge is 0.335 e. The Kier molecular flexibility index (Phi) is 3.68. The molecule has 2 nitrogen and oxygen atoms in total. The molecule has 0 fully saturated rings. The lowest BCUT2D eigenvalue weighted by molar-refractivity contribution is 0.267. The molecule has 0 spiro atoms. The van der Waals surface area contributed by atoms with Gasteiger partial charge in [0, 0.05) is 16.8 Å². The Bertz CT molecular complexity index is 341. The summed E-state index contributed by atoms with van der Waals surface area (Å²) in [7, 11) is 0. The first-order valence-corrected chi connectivity index (χ1v) is 4.60. The molecule has 0 aromatic heterocycles. The fourth-order valence-corrected chi connectivity index (χ4v) is 1.51. The molecular weight excluding hydrogens is 256 g/mol. The van der Waals surface area contributed by atoms with Gasteiger partial charge in [-0.15, -0.1) is 0 Å². The van der Waals surface area contributed by atoms with Crippen LogP contribution in [0.4, 0.5) is 10.5 Å². The van der Waals surface area contributed by atoms with Crippen LogP contribution in [0.25, 0.3) is 0 Å². The smallest absolute Gasteiger partial charge is 0.254 e. The third-order valence-corrected chi connectivity index (χ3v) is 2.40. The number of hydrogen-bond donors (Lipinski definition) is 0. The molecule has 1 aromatic rings. The van der Waals surface area contributed by atoms with Crippen molar-refractivity contribution in [2.24, 2.45) is 0 Å². The third-order valence-electron chi connectivity index (χ3n) is 1.28. The van der Waals surface area contributed by atoms with Gasteiger partial charge in [-0.2, -0.15) is 0 Å². The van der Waals surface area contributed by atoms with Gasteiger partial charge in [-0.1, -0.05) is 23.2 Å². The van der Waals surface area contributed by atoms with Gasteiger partial charge in [0.2, 0.25) is 0 Å². The van der Waals surface area contributed by atoms with E-state index in [4.69, 9.17) is 46.6 Å². The number of rotatable bonds is 1.